The Kier molecular flexibility index (Phi) is 17.6. The first-order valence-electron chi connectivity index (χ1n) is 32.2. The minimum atomic E-state index is 0.924. The second kappa shape index (κ2) is 27.9. The molecule has 4 nitrogen and oxygen atoms in total. The summed E-state index contributed by atoms with van der Waals surface area (Å²) in [5, 5.41) is 0. The van der Waals surface area contributed by atoms with Crippen LogP contribution in [0.5, 0.6) is 0 Å². The summed E-state index contributed by atoms with van der Waals surface area (Å²) in [6.45, 7) is 8.26. The Hall–Kier alpha value is -12.2. The van der Waals surface area contributed by atoms with Gasteiger partial charge in [0, 0.05) is 68.3 Å². The Morgan fingerprint density at radius 1 is 0.245 bits per heavy atom. The van der Waals surface area contributed by atoms with E-state index in [-0.39, 0.29) is 0 Å². The van der Waals surface area contributed by atoms with Gasteiger partial charge in [-0.3, -0.25) is 0 Å². The van der Waals surface area contributed by atoms with E-state index >= 15 is 0 Å². The predicted octanol–water partition coefficient (Wildman–Crippen LogP) is 25.4. The van der Waals surface area contributed by atoms with E-state index in [1.165, 1.54) is 28.0 Å². The van der Waals surface area contributed by atoms with Crippen molar-refractivity contribution in [1.82, 2.24) is 0 Å². The summed E-state index contributed by atoms with van der Waals surface area (Å²) in [6, 6.07) is 122. The van der Waals surface area contributed by atoms with E-state index in [4.69, 9.17) is 0 Å². The highest BCUT2D eigenvalue weighted by Gasteiger charge is 2.19. The molecule has 1 aliphatic carbocycles. The lowest BCUT2D eigenvalue weighted by Gasteiger charge is -2.28. The van der Waals surface area contributed by atoms with Crippen LogP contribution in [0.15, 0.2) is 401 Å². The van der Waals surface area contributed by atoms with Gasteiger partial charge in [-0.1, -0.05) is 250 Å². The van der Waals surface area contributed by atoms with Crippen molar-refractivity contribution in [3.63, 3.8) is 0 Å². The Bertz CT molecular complexity index is 4750. The van der Waals surface area contributed by atoms with Crippen LogP contribution < -0.4 is 19.6 Å². The maximum atomic E-state index is 4.22. The zero-order valence-electron chi connectivity index (χ0n) is 52.4. The first-order valence-corrected chi connectivity index (χ1v) is 32.2. The first-order chi connectivity index (χ1) is 46.5. The van der Waals surface area contributed by atoms with Crippen LogP contribution in [0.1, 0.15) is 12.8 Å². The molecule has 0 aromatic heterocycles. The summed E-state index contributed by atoms with van der Waals surface area (Å²) in [4.78, 5) is 9.22. The van der Waals surface area contributed by atoms with E-state index < -0.39 is 0 Å². The van der Waals surface area contributed by atoms with Gasteiger partial charge in [-0.15, -0.1) is 0 Å². The number of benzene rings is 13. The molecular weight excluding hydrogens is 1140 g/mol. The van der Waals surface area contributed by atoms with Gasteiger partial charge < -0.3 is 19.6 Å². The summed E-state index contributed by atoms with van der Waals surface area (Å²) in [6.07, 6.45) is 14.6. The highest BCUT2D eigenvalue weighted by atomic mass is 15.2. The van der Waals surface area contributed by atoms with Gasteiger partial charge in [0.25, 0.3) is 0 Å². The van der Waals surface area contributed by atoms with E-state index in [2.05, 4.69) is 391 Å². The molecule has 13 aromatic carbocycles. The summed E-state index contributed by atoms with van der Waals surface area (Å²) in [5.74, 6) is 0. The molecule has 94 heavy (non-hydrogen) atoms. The van der Waals surface area contributed by atoms with Crippen molar-refractivity contribution in [3.05, 3.63) is 401 Å². The lowest BCUT2D eigenvalue weighted by Crippen LogP contribution is -2.16. The monoisotopic (exact) mass is 1210 g/mol. The lowest BCUT2D eigenvalue weighted by molar-refractivity contribution is 0.997. The van der Waals surface area contributed by atoms with E-state index in [9.17, 15) is 0 Å². The largest absolute Gasteiger partial charge is 0.311 e. The van der Waals surface area contributed by atoms with Gasteiger partial charge in [0.2, 0.25) is 0 Å². The lowest BCUT2D eigenvalue weighted by atomic mass is 9.99. The van der Waals surface area contributed by atoms with E-state index in [1.807, 2.05) is 18.2 Å². The van der Waals surface area contributed by atoms with Gasteiger partial charge in [0.05, 0.1) is 0 Å². The van der Waals surface area contributed by atoms with Crippen LogP contribution in [0.3, 0.4) is 0 Å². The van der Waals surface area contributed by atoms with Crippen molar-refractivity contribution in [1.29, 1.82) is 0 Å². The second-order valence-electron chi connectivity index (χ2n) is 23.3. The normalized spacial score (nSPS) is 11.9. The molecule has 0 bridgehead atoms. The van der Waals surface area contributed by atoms with Gasteiger partial charge in [-0.2, -0.15) is 0 Å². The van der Waals surface area contributed by atoms with Crippen LogP contribution in [-0.4, -0.2) is 0 Å². The predicted molar refractivity (Wildman–Crippen MR) is 401 cm³/mol. The molecule has 0 aliphatic heterocycles. The average molecular weight is 1210 g/mol. The highest BCUT2D eigenvalue weighted by Crippen LogP contribution is 2.42. The van der Waals surface area contributed by atoms with Crippen LogP contribution >= 0.6 is 0 Å². The van der Waals surface area contributed by atoms with Crippen LogP contribution in [0.4, 0.5) is 56.9 Å². The van der Waals surface area contributed by atoms with Crippen molar-refractivity contribution in [3.8, 4) is 66.8 Å². The Balaban J connectivity index is 0.656. The molecule has 0 unspecified atom stereocenters. The Labute approximate surface area is 553 Å². The molecule has 0 atom stereocenters. The van der Waals surface area contributed by atoms with Gasteiger partial charge in [0.15, 0.2) is 0 Å². The fourth-order valence-corrected chi connectivity index (χ4v) is 12.6. The van der Waals surface area contributed by atoms with Crippen molar-refractivity contribution in [2.24, 2.45) is 0 Å². The van der Waals surface area contributed by atoms with Crippen LogP contribution in [-0.2, 0) is 0 Å². The van der Waals surface area contributed by atoms with Crippen molar-refractivity contribution < 1.29 is 0 Å². The molecule has 0 spiro atoms. The zero-order valence-corrected chi connectivity index (χ0v) is 52.4. The third-order valence-electron chi connectivity index (χ3n) is 17.5. The number of hydrogen-bond acceptors (Lipinski definition) is 4. The molecule has 0 fully saturated rings. The molecule has 14 rings (SSSR count). The molecule has 0 amide bonds. The molecular formula is C90H70N4. The summed E-state index contributed by atoms with van der Waals surface area (Å²) >= 11 is 0. The summed E-state index contributed by atoms with van der Waals surface area (Å²) < 4.78 is 0. The molecule has 0 radical (unpaired) electrons. The Morgan fingerprint density at radius 2 is 0.479 bits per heavy atom. The summed E-state index contributed by atoms with van der Waals surface area (Å²) in [5.41, 5.74) is 26.9. The van der Waals surface area contributed by atoms with Gasteiger partial charge in [-0.05, 0) is 219 Å². The van der Waals surface area contributed by atoms with Crippen LogP contribution in [0, 0.1) is 0 Å². The zero-order chi connectivity index (χ0) is 63.4. The molecule has 13 aromatic rings. The van der Waals surface area contributed by atoms with Gasteiger partial charge in [-0.25, -0.2) is 0 Å². The third-order valence-corrected chi connectivity index (χ3v) is 17.5. The Morgan fingerprint density at radius 3 is 0.734 bits per heavy atom. The van der Waals surface area contributed by atoms with Crippen molar-refractivity contribution >= 4 is 56.9 Å². The number of allylic oxidation sites excluding steroid dienone is 6. The topological polar surface area (TPSA) is 13.0 Å². The number of hydrogen-bond donors (Lipinski definition) is 0. The molecule has 4 heteroatoms. The van der Waals surface area contributed by atoms with E-state index in [1.54, 1.807) is 0 Å². The quantitative estimate of drug-likeness (QED) is 0.0705. The molecule has 450 valence electrons. The number of para-hydroxylation sites is 2. The maximum absolute atomic E-state index is 4.22. The number of anilines is 10. The first kappa shape index (κ1) is 59.4. The SMILES string of the molecule is C=C/C=C(\C=C)N(c1ccc(-c2ccc(-c3ccc(N(C4=CCCC=C4)c4ccc(-c5ccc(N(c6ccccc6)c6ccc(-c7ccccc7)cc6)cc5)cc4)cc3)cc2)cc1)c1ccc(-c2ccc(N(c3ccccc3)c3ccc(-c4ccccc4)cc3)cc2)cc1. The fraction of sp³-hybridized carbons (Fsp3) is 0.0222. The minimum Gasteiger partial charge on any atom is -0.311 e. The van der Waals surface area contributed by atoms with Crippen molar-refractivity contribution in [2.75, 3.05) is 19.6 Å². The van der Waals surface area contributed by atoms with Crippen molar-refractivity contribution in [2.45, 2.75) is 12.8 Å². The fourth-order valence-electron chi connectivity index (χ4n) is 12.6. The maximum Gasteiger partial charge on any atom is 0.0462 e. The molecule has 0 saturated heterocycles. The highest BCUT2D eigenvalue weighted by molar-refractivity contribution is 5.84. The third kappa shape index (κ3) is 13.0. The molecule has 0 heterocycles. The van der Waals surface area contributed by atoms with E-state index in [0.717, 1.165) is 120 Å². The second-order valence-corrected chi connectivity index (χ2v) is 23.3. The number of nitrogens with zero attached hydrogens (tertiary/aromatic N) is 4. The average Bonchev–Trinajstić information content (AvgIpc) is 0.891. The smallest absolute Gasteiger partial charge is 0.0462 e. The minimum absolute atomic E-state index is 0.924. The molecule has 0 N–H and O–H groups in total. The van der Waals surface area contributed by atoms with Crippen LogP contribution in [0.25, 0.3) is 66.8 Å². The summed E-state index contributed by atoms with van der Waals surface area (Å²) in [7, 11) is 0. The van der Waals surface area contributed by atoms with Gasteiger partial charge in [0.1, 0.15) is 0 Å². The van der Waals surface area contributed by atoms with Gasteiger partial charge >= 0.3 is 0 Å². The standard InChI is InChI=1S/C90H70N4/c1-3-20-79(4-2)91(84-53-41-75(42-54-84)76-45-61-88(62-46-76)92(80-25-14-7-15-26-80)85-55-35-71(36-56-85)67-21-10-5-11-22-67)83-51-39-73(40-52-83)69-31-33-70(34-32-69)74-43-59-87(60-44-74)94(82-29-18-9-19-30-82)90-65-49-78(50-66-90)77-47-63-89(64-48-77)93(81-27-16-8-17-28-81)86-57-37-72(38-58-86)68-23-12-6-13-24-68/h3-8,10-18,20-66H,1-2,9,19H2/b79-20+. The molecule has 0 saturated carbocycles. The van der Waals surface area contributed by atoms with Crippen LogP contribution in [0.2, 0.25) is 0 Å². The van der Waals surface area contributed by atoms with E-state index in [0.29, 0.717) is 0 Å². The number of rotatable bonds is 20. The molecule has 1 aliphatic rings.